The highest BCUT2D eigenvalue weighted by molar-refractivity contribution is 5.57. The fourth-order valence-corrected chi connectivity index (χ4v) is 3.22. The van der Waals surface area contributed by atoms with E-state index in [1.807, 2.05) is 25.1 Å². The van der Waals surface area contributed by atoms with Crippen molar-refractivity contribution in [2.24, 2.45) is 0 Å². The van der Waals surface area contributed by atoms with E-state index in [0.29, 0.717) is 18.2 Å². The first-order valence-electron chi connectivity index (χ1n) is 9.75. The molecule has 1 fully saturated rings. The third-order valence-corrected chi connectivity index (χ3v) is 4.75. The normalized spacial score (nSPS) is 14.6. The highest BCUT2D eigenvalue weighted by Crippen LogP contribution is 2.23. The van der Waals surface area contributed by atoms with Gasteiger partial charge in [0, 0.05) is 37.5 Å². The van der Waals surface area contributed by atoms with Crippen LogP contribution < -0.4 is 10.1 Å². The van der Waals surface area contributed by atoms with Gasteiger partial charge < -0.3 is 14.8 Å². The first-order valence-corrected chi connectivity index (χ1v) is 9.75. The van der Waals surface area contributed by atoms with Gasteiger partial charge in [-0.2, -0.15) is 4.98 Å². The van der Waals surface area contributed by atoms with Gasteiger partial charge in [0.05, 0.1) is 18.9 Å². The van der Waals surface area contributed by atoms with E-state index in [1.165, 1.54) is 17.1 Å². The van der Waals surface area contributed by atoms with E-state index in [0.717, 1.165) is 62.0 Å². The maximum absolute atomic E-state index is 13.5. The summed E-state index contributed by atoms with van der Waals surface area (Å²) in [5, 5.41) is 7.40. The van der Waals surface area contributed by atoms with Gasteiger partial charge in [-0.25, -0.2) is 13.5 Å². The number of rotatable bonds is 7. The zero-order valence-electron chi connectivity index (χ0n) is 16.6. The molecule has 0 spiro atoms. The number of hydrogen-bond acceptors (Lipinski definition) is 6. The van der Waals surface area contributed by atoms with Crippen LogP contribution in [0.2, 0.25) is 0 Å². The predicted octanol–water partition coefficient (Wildman–Crippen LogP) is 3.31. The fraction of sp³-hybridized carbons (Fsp3) is 0.333. The smallest absolute Gasteiger partial charge is 0.246 e. The van der Waals surface area contributed by atoms with E-state index in [-0.39, 0.29) is 0 Å². The Balaban J connectivity index is 1.39. The van der Waals surface area contributed by atoms with Crippen molar-refractivity contribution in [1.82, 2.24) is 19.7 Å². The van der Waals surface area contributed by atoms with E-state index in [2.05, 4.69) is 20.3 Å². The first kappa shape index (κ1) is 20.2. The molecule has 0 bridgehead atoms. The van der Waals surface area contributed by atoms with Gasteiger partial charge in [0.25, 0.3) is 0 Å². The Morgan fingerprint density at radius 1 is 1.10 bits per heavy atom. The topological polar surface area (TPSA) is 64.4 Å². The molecule has 1 aromatic heterocycles. The monoisotopic (exact) mass is 415 g/mol. The van der Waals surface area contributed by atoms with Gasteiger partial charge in [0.1, 0.15) is 18.7 Å². The highest BCUT2D eigenvalue weighted by atomic mass is 19.2. The van der Waals surface area contributed by atoms with Crippen LogP contribution in [0.5, 0.6) is 5.75 Å². The zero-order valence-corrected chi connectivity index (χ0v) is 16.6. The van der Waals surface area contributed by atoms with E-state index >= 15 is 0 Å². The summed E-state index contributed by atoms with van der Waals surface area (Å²) in [4.78, 5) is 6.50. The minimum absolute atomic E-state index is 0.338. The molecule has 1 saturated heterocycles. The van der Waals surface area contributed by atoms with E-state index in [9.17, 15) is 8.78 Å². The molecule has 0 aliphatic carbocycles. The van der Waals surface area contributed by atoms with Crippen molar-refractivity contribution in [3.63, 3.8) is 0 Å². The van der Waals surface area contributed by atoms with E-state index in [1.54, 1.807) is 0 Å². The lowest BCUT2D eigenvalue weighted by molar-refractivity contribution is 0.0322. The van der Waals surface area contributed by atoms with Gasteiger partial charge in [0.15, 0.2) is 11.6 Å². The van der Waals surface area contributed by atoms with Gasteiger partial charge in [-0.1, -0.05) is 0 Å². The maximum Gasteiger partial charge on any atom is 0.246 e. The first-order chi connectivity index (χ1) is 14.6. The lowest BCUT2D eigenvalue weighted by atomic mass is 10.2. The van der Waals surface area contributed by atoms with Crippen LogP contribution in [0, 0.1) is 18.6 Å². The molecule has 2 aromatic carbocycles. The SMILES string of the molecule is Cc1cc(Nc2ncn(-c3ccc(F)c(F)c3)n2)cc(OCCN2CCOCC2)c1. The van der Waals surface area contributed by atoms with Crippen molar-refractivity contribution >= 4 is 11.6 Å². The van der Waals surface area contributed by atoms with Crippen LogP contribution in [0.3, 0.4) is 0 Å². The number of morpholine rings is 1. The number of aromatic nitrogens is 3. The van der Waals surface area contributed by atoms with Gasteiger partial charge in [0.2, 0.25) is 5.95 Å². The number of aryl methyl sites for hydroxylation is 1. The molecular formula is C21H23F2N5O2. The quantitative estimate of drug-likeness (QED) is 0.639. The molecule has 1 aliphatic rings. The number of anilines is 2. The number of nitrogens with zero attached hydrogens (tertiary/aromatic N) is 4. The van der Waals surface area contributed by atoms with Crippen molar-refractivity contribution < 1.29 is 18.3 Å². The van der Waals surface area contributed by atoms with Crippen LogP contribution in [0.1, 0.15) is 5.56 Å². The van der Waals surface area contributed by atoms with Crippen molar-refractivity contribution in [1.29, 1.82) is 0 Å². The molecule has 0 atom stereocenters. The fourth-order valence-electron chi connectivity index (χ4n) is 3.22. The van der Waals surface area contributed by atoms with Crippen LogP contribution >= 0.6 is 0 Å². The van der Waals surface area contributed by atoms with Crippen LogP contribution in [-0.2, 0) is 4.74 Å². The number of hydrogen-bond donors (Lipinski definition) is 1. The van der Waals surface area contributed by atoms with Crippen LogP contribution in [0.15, 0.2) is 42.7 Å². The van der Waals surface area contributed by atoms with Gasteiger partial charge in [-0.05, 0) is 36.8 Å². The summed E-state index contributed by atoms with van der Waals surface area (Å²) in [6, 6.07) is 9.36. The van der Waals surface area contributed by atoms with E-state index < -0.39 is 11.6 Å². The largest absolute Gasteiger partial charge is 0.492 e. The minimum Gasteiger partial charge on any atom is -0.492 e. The highest BCUT2D eigenvalue weighted by Gasteiger charge is 2.11. The molecule has 0 amide bonds. The summed E-state index contributed by atoms with van der Waals surface area (Å²) in [6.45, 7) is 6.80. The van der Waals surface area contributed by atoms with Gasteiger partial charge in [-0.3, -0.25) is 4.90 Å². The Bertz CT molecular complexity index is 1000. The van der Waals surface area contributed by atoms with Crippen LogP contribution in [0.25, 0.3) is 5.69 Å². The second kappa shape index (κ2) is 9.19. The van der Waals surface area contributed by atoms with Crippen molar-refractivity contribution in [3.8, 4) is 11.4 Å². The minimum atomic E-state index is -0.935. The molecule has 0 unspecified atom stereocenters. The molecule has 158 valence electrons. The third-order valence-electron chi connectivity index (χ3n) is 4.75. The molecule has 2 heterocycles. The molecule has 9 heteroatoms. The van der Waals surface area contributed by atoms with Crippen molar-refractivity contribution in [2.75, 3.05) is 44.8 Å². The standard InChI is InChI=1S/C21H23F2N5O2/c1-15-10-16(12-18(11-15)30-9-6-27-4-7-29-8-5-27)25-21-24-14-28(26-21)17-2-3-19(22)20(23)13-17/h2-3,10-14H,4-9H2,1H3,(H,25,26). The van der Waals surface area contributed by atoms with E-state index in [4.69, 9.17) is 9.47 Å². The Morgan fingerprint density at radius 2 is 1.93 bits per heavy atom. The number of halogens is 2. The summed E-state index contributed by atoms with van der Waals surface area (Å²) in [7, 11) is 0. The summed E-state index contributed by atoms with van der Waals surface area (Å²) in [5.74, 6) is -0.747. The summed E-state index contributed by atoms with van der Waals surface area (Å²) < 4.78 is 39.2. The Morgan fingerprint density at radius 3 is 2.73 bits per heavy atom. The van der Waals surface area contributed by atoms with Crippen LogP contribution in [-0.4, -0.2) is 59.1 Å². The Labute approximate surface area is 173 Å². The summed E-state index contributed by atoms with van der Waals surface area (Å²) >= 11 is 0. The van der Waals surface area contributed by atoms with Crippen LogP contribution in [0.4, 0.5) is 20.4 Å². The number of ether oxygens (including phenoxy) is 2. The lowest BCUT2D eigenvalue weighted by Gasteiger charge is -2.26. The molecule has 1 aliphatic heterocycles. The van der Waals surface area contributed by atoms with Crippen molar-refractivity contribution in [3.05, 3.63) is 59.9 Å². The van der Waals surface area contributed by atoms with Crippen molar-refractivity contribution in [2.45, 2.75) is 6.92 Å². The lowest BCUT2D eigenvalue weighted by Crippen LogP contribution is -2.38. The summed E-state index contributed by atoms with van der Waals surface area (Å²) in [5.41, 5.74) is 2.19. The summed E-state index contributed by atoms with van der Waals surface area (Å²) in [6.07, 6.45) is 1.44. The second-order valence-corrected chi connectivity index (χ2v) is 7.07. The predicted molar refractivity (Wildman–Crippen MR) is 108 cm³/mol. The number of nitrogens with one attached hydrogen (secondary N) is 1. The molecule has 3 aromatic rings. The Kier molecular flexibility index (Phi) is 6.20. The Hall–Kier alpha value is -3.04. The average molecular weight is 415 g/mol. The van der Waals surface area contributed by atoms with Gasteiger partial charge >= 0.3 is 0 Å². The second-order valence-electron chi connectivity index (χ2n) is 7.07. The molecule has 4 rings (SSSR count). The molecule has 1 N–H and O–H groups in total. The maximum atomic E-state index is 13.5. The molecular weight excluding hydrogens is 392 g/mol. The average Bonchev–Trinajstić information content (AvgIpc) is 3.19. The molecule has 0 saturated carbocycles. The third kappa shape index (κ3) is 5.11. The zero-order chi connectivity index (χ0) is 20.9. The molecule has 30 heavy (non-hydrogen) atoms. The molecule has 7 nitrogen and oxygen atoms in total. The van der Waals surface area contributed by atoms with Gasteiger partial charge in [-0.15, -0.1) is 5.10 Å². The number of benzene rings is 2. The molecule has 0 radical (unpaired) electrons.